The third-order valence-electron chi connectivity index (χ3n) is 4.64. The van der Waals surface area contributed by atoms with Crippen LogP contribution in [-0.4, -0.2) is 34.2 Å². The minimum Gasteiger partial charge on any atom is -0.478 e. The van der Waals surface area contributed by atoms with Gasteiger partial charge < -0.3 is 14.7 Å². The fraction of sp³-hybridized carbons (Fsp3) is 0.364. The molecule has 1 saturated heterocycles. The number of amides is 1. The van der Waals surface area contributed by atoms with Gasteiger partial charge in [0.1, 0.15) is 5.60 Å². The van der Waals surface area contributed by atoms with Gasteiger partial charge in [0.2, 0.25) is 0 Å². The van der Waals surface area contributed by atoms with Gasteiger partial charge in [-0.25, -0.2) is 9.59 Å². The summed E-state index contributed by atoms with van der Waals surface area (Å²) in [6.07, 6.45) is 1.54. The van der Waals surface area contributed by atoms with E-state index in [1.807, 2.05) is 51.1 Å². The molecule has 1 fully saturated rings. The van der Waals surface area contributed by atoms with Crippen molar-refractivity contribution < 1.29 is 19.4 Å². The van der Waals surface area contributed by atoms with E-state index in [0.29, 0.717) is 12.1 Å². The number of hydrogen-bond acceptors (Lipinski definition) is 3. The van der Waals surface area contributed by atoms with Crippen molar-refractivity contribution in [3.8, 4) is 11.1 Å². The molecule has 2 aromatic rings. The Morgan fingerprint density at radius 1 is 1.07 bits per heavy atom. The molecule has 0 aliphatic carbocycles. The van der Waals surface area contributed by atoms with Crippen LogP contribution in [0.1, 0.15) is 55.6 Å². The molecule has 3 rings (SSSR count). The van der Waals surface area contributed by atoms with Crippen LogP contribution in [0.25, 0.3) is 11.1 Å². The number of rotatable bonds is 3. The van der Waals surface area contributed by atoms with Crippen molar-refractivity contribution in [2.75, 3.05) is 6.54 Å². The maximum Gasteiger partial charge on any atom is 0.410 e. The summed E-state index contributed by atoms with van der Waals surface area (Å²) in [6, 6.07) is 14.7. The van der Waals surface area contributed by atoms with Crippen molar-refractivity contribution in [2.24, 2.45) is 0 Å². The zero-order chi connectivity index (χ0) is 19.6. The number of benzene rings is 2. The number of aromatic carboxylic acids is 1. The standard InChI is InChI=1S/C22H25NO4/c1-22(2,3)27-21(26)23-14-6-9-19(23)16-12-10-15(11-13-16)17-7-4-5-8-18(17)20(24)25/h4-5,7-8,10-13,19H,6,9,14H2,1-3H3,(H,24,25)/t19-/m1/s1. The molecule has 1 heterocycles. The lowest BCUT2D eigenvalue weighted by molar-refractivity contribution is 0.0224. The van der Waals surface area contributed by atoms with E-state index >= 15 is 0 Å². The van der Waals surface area contributed by atoms with Crippen LogP contribution >= 0.6 is 0 Å². The highest BCUT2D eigenvalue weighted by molar-refractivity contribution is 5.96. The summed E-state index contributed by atoms with van der Waals surface area (Å²) in [4.78, 5) is 25.7. The van der Waals surface area contributed by atoms with Gasteiger partial charge in [0, 0.05) is 6.54 Å². The van der Waals surface area contributed by atoms with E-state index in [0.717, 1.165) is 24.0 Å². The number of nitrogens with zero attached hydrogens (tertiary/aromatic N) is 1. The fourth-order valence-corrected chi connectivity index (χ4v) is 3.46. The maximum atomic E-state index is 12.5. The molecule has 5 heteroatoms. The molecular weight excluding hydrogens is 342 g/mol. The van der Waals surface area contributed by atoms with Crippen molar-refractivity contribution in [2.45, 2.75) is 45.3 Å². The molecule has 27 heavy (non-hydrogen) atoms. The number of hydrogen-bond donors (Lipinski definition) is 1. The smallest absolute Gasteiger partial charge is 0.410 e. The van der Waals surface area contributed by atoms with E-state index in [4.69, 9.17) is 4.74 Å². The number of carboxylic acid groups (broad SMARTS) is 1. The van der Waals surface area contributed by atoms with Gasteiger partial charge in [-0.3, -0.25) is 0 Å². The Bertz CT molecular complexity index is 836. The Hall–Kier alpha value is -2.82. The average molecular weight is 367 g/mol. The summed E-state index contributed by atoms with van der Waals surface area (Å²) < 4.78 is 5.53. The predicted octanol–water partition coefficient (Wildman–Crippen LogP) is 5.12. The van der Waals surface area contributed by atoms with Gasteiger partial charge in [0.15, 0.2) is 0 Å². The Kier molecular flexibility index (Phi) is 5.22. The van der Waals surface area contributed by atoms with Crippen molar-refractivity contribution >= 4 is 12.1 Å². The number of carbonyl (C=O) groups excluding carboxylic acids is 1. The molecule has 0 aromatic heterocycles. The molecule has 142 valence electrons. The lowest BCUT2D eigenvalue weighted by atomic mass is 9.96. The number of likely N-dealkylation sites (tertiary alicyclic amines) is 1. The minimum atomic E-state index is -0.943. The van der Waals surface area contributed by atoms with Crippen LogP contribution in [0, 0.1) is 0 Å². The topological polar surface area (TPSA) is 66.8 Å². The molecule has 1 aliphatic heterocycles. The second-order valence-electron chi connectivity index (χ2n) is 7.80. The van der Waals surface area contributed by atoms with Gasteiger partial charge in [0.05, 0.1) is 11.6 Å². The largest absolute Gasteiger partial charge is 0.478 e. The summed E-state index contributed by atoms with van der Waals surface area (Å²) >= 11 is 0. The first kappa shape index (κ1) is 19.0. The molecule has 5 nitrogen and oxygen atoms in total. The van der Waals surface area contributed by atoms with E-state index < -0.39 is 11.6 Å². The van der Waals surface area contributed by atoms with Gasteiger partial charge in [-0.1, -0.05) is 42.5 Å². The van der Waals surface area contributed by atoms with Crippen molar-refractivity contribution in [1.82, 2.24) is 4.90 Å². The second kappa shape index (κ2) is 7.43. The summed E-state index contributed by atoms with van der Waals surface area (Å²) in [5.41, 5.74) is 2.33. The molecule has 0 spiro atoms. The third-order valence-corrected chi connectivity index (χ3v) is 4.64. The van der Waals surface area contributed by atoms with Gasteiger partial charge >= 0.3 is 12.1 Å². The van der Waals surface area contributed by atoms with Gasteiger partial charge in [0.25, 0.3) is 0 Å². The van der Waals surface area contributed by atoms with Crippen LogP contribution in [0.15, 0.2) is 48.5 Å². The number of carbonyl (C=O) groups is 2. The lowest BCUT2D eigenvalue weighted by Crippen LogP contribution is -2.36. The van der Waals surface area contributed by atoms with Crippen molar-refractivity contribution in [3.63, 3.8) is 0 Å². The van der Waals surface area contributed by atoms with Crippen LogP contribution in [-0.2, 0) is 4.74 Å². The second-order valence-corrected chi connectivity index (χ2v) is 7.80. The zero-order valence-electron chi connectivity index (χ0n) is 15.9. The summed E-state index contributed by atoms with van der Waals surface area (Å²) in [7, 11) is 0. The highest BCUT2D eigenvalue weighted by atomic mass is 16.6. The SMILES string of the molecule is CC(C)(C)OC(=O)N1CCC[C@@H]1c1ccc(-c2ccccc2C(=O)O)cc1. The van der Waals surface area contributed by atoms with E-state index in [-0.39, 0.29) is 17.7 Å². The molecule has 1 amide bonds. The Balaban J connectivity index is 1.83. The van der Waals surface area contributed by atoms with Crippen molar-refractivity contribution in [3.05, 3.63) is 59.7 Å². The van der Waals surface area contributed by atoms with Gasteiger partial charge in [-0.2, -0.15) is 0 Å². The van der Waals surface area contributed by atoms with E-state index in [1.54, 1.807) is 23.1 Å². The van der Waals surface area contributed by atoms with Crippen LogP contribution in [0.3, 0.4) is 0 Å². The molecule has 0 saturated carbocycles. The van der Waals surface area contributed by atoms with Gasteiger partial charge in [-0.05, 0) is 56.4 Å². The van der Waals surface area contributed by atoms with Gasteiger partial charge in [-0.15, -0.1) is 0 Å². The first-order valence-electron chi connectivity index (χ1n) is 9.18. The summed E-state index contributed by atoms with van der Waals surface area (Å²) in [5, 5.41) is 9.38. The highest BCUT2D eigenvalue weighted by Crippen LogP contribution is 2.34. The quantitative estimate of drug-likeness (QED) is 0.817. The third kappa shape index (κ3) is 4.30. The molecule has 2 aromatic carbocycles. The molecule has 0 radical (unpaired) electrons. The van der Waals surface area contributed by atoms with Crippen LogP contribution in [0.4, 0.5) is 4.79 Å². The van der Waals surface area contributed by atoms with E-state index in [9.17, 15) is 14.7 Å². The summed E-state index contributed by atoms with van der Waals surface area (Å²) in [6.45, 7) is 6.28. The number of ether oxygens (including phenoxy) is 1. The Labute approximate surface area is 159 Å². The van der Waals surface area contributed by atoms with Crippen LogP contribution in [0.5, 0.6) is 0 Å². The number of carboxylic acids is 1. The normalized spacial score (nSPS) is 17.0. The first-order chi connectivity index (χ1) is 12.8. The summed E-state index contributed by atoms with van der Waals surface area (Å²) in [5.74, 6) is -0.943. The van der Waals surface area contributed by atoms with Crippen molar-refractivity contribution in [1.29, 1.82) is 0 Å². The van der Waals surface area contributed by atoms with E-state index in [2.05, 4.69) is 0 Å². The predicted molar refractivity (Wildman–Crippen MR) is 104 cm³/mol. The molecular formula is C22H25NO4. The molecule has 1 atom stereocenters. The monoisotopic (exact) mass is 367 g/mol. The Morgan fingerprint density at radius 2 is 1.74 bits per heavy atom. The lowest BCUT2D eigenvalue weighted by Gasteiger charge is -2.29. The minimum absolute atomic E-state index is 0.0105. The Morgan fingerprint density at radius 3 is 2.37 bits per heavy atom. The maximum absolute atomic E-state index is 12.5. The molecule has 1 N–H and O–H groups in total. The molecule has 1 aliphatic rings. The molecule has 0 bridgehead atoms. The fourth-order valence-electron chi connectivity index (χ4n) is 3.46. The van der Waals surface area contributed by atoms with Crippen LogP contribution < -0.4 is 0 Å². The van der Waals surface area contributed by atoms with Crippen LogP contribution in [0.2, 0.25) is 0 Å². The average Bonchev–Trinajstić information content (AvgIpc) is 3.10. The first-order valence-corrected chi connectivity index (χ1v) is 9.18. The highest BCUT2D eigenvalue weighted by Gasteiger charge is 2.33. The molecule has 0 unspecified atom stereocenters. The van der Waals surface area contributed by atoms with E-state index in [1.165, 1.54) is 0 Å². The zero-order valence-corrected chi connectivity index (χ0v) is 15.9.